The molecule has 0 fully saturated rings. The quantitative estimate of drug-likeness (QED) is 0.574. The first-order valence-corrected chi connectivity index (χ1v) is 6.81. The Morgan fingerprint density at radius 2 is 1.85 bits per heavy atom. The summed E-state index contributed by atoms with van der Waals surface area (Å²) in [6, 6.07) is 2.40. The normalized spacial score (nSPS) is 11.7. The molecule has 0 N–H and O–H groups in total. The fourth-order valence-corrected chi connectivity index (χ4v) is 3.51. The van der Waals surface area contributed by atoms with E-state index >= 15 is 0 Å². The van der Waals surface area contributed by atoms with Gasteiger partial charge in [0.1, 0.15) is 10.7 Å². The maximum atomic E-state index is 13.0. The van der Waals surface area contributed by atoms with E-state index in [1.165, 1.54) is 6.07 Å². The highest BCUT2D eigenvalue weighted by Gasteiger charge is 2.21. The van der Waals surface area contributed by atoms with Crippen LogP contribution in [0.5, 0.6) is 0 Å². The van der Waals surface area contributed by atoms with Crippen molar-refractivity contribution in [3.8, 4) is 0 Å². The summed E-state index contributed by atoms with van der Waals surface area (Å²) in [6.07, 6.45) is 0. The maximum Gasteiger partial charge on any atom is 0.265 e. The Labute approximate surface area is 95.8 Å². The summed E-state index contributed by atoms with van der Waals surface area (Å²) in [7, 11) is 0.956. The van der Waals surface area contributed by atoms with Crippen LogP contribution in [0, 0.1) is 5.82 Å². The molecule has 0 spiro atoms. The van der Waals surface area contributed by atoms with Gasteiger partial charge < -0.3 is 0 Å². The molecule has 1 aromatic rings. The van der Waals surface area contributed by atoms with E-state index in [2.05, 4.69) is 31.9 Å². The molecule has 0 bridgehead atoms. The predicted molar refractivity (Wildman–Crippen MR) is 54.8 cm³/mol. The average Bonchev–Trinajstić information content (AvgIpc) is 1.95. The molecule has 0 aliphatic carbocycles. The fourth-order valence-electron chi connectivity index (χ4n) is 0.732. The average molecular weight is 352 g/mol. The maximum absolute atomic E-state index is 13.0. The first kappa shape index (κ1) is 11.4. The molecule has 0 unspecified atom stereocenters. The van der Waals surface area contributed by atoms with Gasteiger partial charge in [0.25, 0.3) is 9.05 Å². The summed E-state index contributed by atoms with van der Waals surface area (Å²) in [5.41, 5.74) is 0. The SMILES string of the molecule is O=S(=O)(Cl)c1c(F)ccc(Br)c1Br. The summed E-state index contributed by atoms with van der Waals surface area (Å²) in [4.78, 5) is -0.552. The Morgan fingerprint density at radius 3 is 2.23 bits per heavy atom. The van der Waals surface area contributed by atoms with Gasteiger partial charge in [0, 0.05) is 15.2 Å². The van der Waals surface area contributed by atoms with Crippen molar-refractivity contribution in [2.24, 2.45) is 0 Å². The molecule has 0 heterocycles. The van der Waals surface area contributed by atoms with Gasteiger partial charge in [-0.2, -0.15) is 0 Å². The van der Waals surface area contributed by atoms with Crippen LogP contribution in [-0.4, -0.2) is 8.42 Å². The van der Waals surface area contributed by atoms with Gasteiger partial charge in [-0.3, -0.25) is 0 Å². The van der Waals surface area contributed by atoms with Crippen molar-refractivity contribution < 1.29 is 12.8 Å². The van der Waals surface area contributed by atoms with Gasteiger partial charge in [0.05, 0.1) is 4.47 Å². The van der Waals surface area contributed by atoms with E-state index in [1.807, 2.05) is 0 Å². The molecule has 0 aliphatic heterocycles. The zero-order valence-corrected chi connectivity index (χ0v) is 10.6. The molecular formula is C6H2Br2ClFO2S. The van der Waals surface area contributed by atoms with Crippen molar-refractivity contribution in [3.63, 3.8) is 0 Å². The van der Waals surface area contributed by atoms with Crippen molar-refractivity contribution in [1.29, 1.82) is 0 Å². The molecule has 7 heteroatoms. The third-order valence-corrected chi connectivity index (χ3v) is 4.87. The lowest BCUT2D eigenvalue weighted by atomic mass is 10.3. The van der Waals surface area contributed by atoms with Gasteiger partial charge in [-0.1, -0.05) is 0 Å². The highest BCUT2D eigenvalue weighted by Crippen LogP contribution is 2.33. The van der Waals surface area contributed by atoms with Crippen molar-refractivity contribution >= 4 is 51.6 Å². The Morgan fingerprint density at radius 1 is 1.31 bits per heavy atom. The number of rotatable bonds is 1. The van der Waals surface area contributed by atoms with Crippen LogP contribution in [0.1, 0.15) is 0 Å². The lowest BCUT2D eigenvalue weighted by molar-refractivity contribution is 0.573. The molecule has 0 aliphatic rings. The van der Waals surface area contributed by atoms with Crippen molar-refractivity contribution in [3.05, 3.63) is 26.9 Å². The van der Waals surface area contributed by atoms with Gasteiger partial charge in [-0.25, -0.2) is 12.8 Å². The monoisotopic (exact) mass is 350 g/mol. The lowest BCUT2D eigenvalue weighted by Crippen LogP contribution is -1.97. The highest BCUT2D eigenvalue weighted by atomic mass is 79.9. The largest absolute Gasteiger partial charge is 0.265 e. The number of hydrogen-bond acceptors (Lipinski definition) is 2. The minimum atomic E-state index is -4.07. The second-order valence-electron chi connectivity index (χ2n) is 2.11. The molecule has 0 atom stereocenters. The molecule has 1 rings (SSSR count). The minimum absolute atomic E-state index is 0.0856. The van der Waals surface area contributed by atoms with Gasteiger partial charge in [0.15, 0.2) is 0 Å². The topological polar surface area (TPSA) is 34.1 Å². The summed E-state index contributed by atoms with van der Waals surface area (Å²) in [6.45, 7) is 0. The standard InChI is InChI=1S/C6H2Br2ClFO2S/c7-3-1-2-4(10)6(5(3)8)13(9,11)12/h1-2H. The first-order valence-electron chi connectivity index (χ1n) is 2.92. The van der Waals surface area contributed by atoms with Crippen LogP contribution in [0.4, 0.5) is 4.39 Å². The van der Waals surface area contributed by atoms with E-state index in [-0.39, 0.29) is 4.47 Å². The smallest absolute Gasteiger partial charge is 0.207 e. The molecule has 0 radical (unpaired) electrons. The lowest BCUT2D eigenvalue weighted by Gasteiger charge is -2.03. The predicted octanol–water partition coefficient (Wildman–Crippen LogP) is 3.28. The summed E-state index contributed by atoms with van der Waals surface area (Å²) < 4.78 is 35.3. The fraction of sp³-hybridized carbons (Fsp3) is 0. The Balaban J connectivity index is 3.62. The van der Waals surface area contributed by atoms with Gasteiger partial charge in [-0.05, 0) is 44.0 Å². The molecule has 0 saturated carbocycles. The summed E-state index contributed by atoms with van der Waals surface area (Å²) in [5, 5.41) is 0. The van der Waals surface area contributed by atoms with Crippen molar-refractivity contribution in [1.82, 2.24) is 0 Å². The van der Waals surface area contributed by atoms with E-state index < -0.39 is 19.8 Å². The van der Waals surface area contributed by atoms with Crippen LogP contribution in [0.15, 0.2) is 26.0 Å². The minimum Gasteiger partial charge on any atom is -0.207 e. The van der Waals surface area contributed by atoms with Gasteiger partial charge >= 0.3 is 0 Å². The Bertz CT molecular complexity index is 446. The van der Waals surface area contributed by atoms with Crippen molar-refractivity contribution in [2.45, 2.75) is 4.90 Å². The molecular weight excluding hydrogens is 350 g/mol. The second kappa shape index (κ2) is 3.84. The van der Waals surface area contributed by atoms with Crippen molar-refractivity contribution in [2.75, 3.05) is 0 Å². The third kappa shape index (κ3) is 2.43. The Hall–Kier alpha value is 0.350. The van der Waals surface area contributed by atoms with E-state index in [9.17, 15) is 12.8 Å². The van der Waals surface area contributed by atoms with E-state index in [4.69, 9.17) is 10.7 Å². The van der Waals surface area contributed by atoms with Crippen LogP contribution in [0.2, 0.25) is 0 Å². The highest BCUT2D eigenvalue weighted by molar-refractivity contribution is 9.13. The molecule has 0 saturated heterocycles. The number of hydrogen-bond donors (Lipinski definition) is 0. The Kier molecular flexibility index (Phi) is 3.38. The number of halogens is 4. The van der Waals surface area contributed by atoms with Crippen LogP contribution in [-0.2, 0) is 9.05 Å². The molecule has 0 amide bonds. The van der Waals surface area contributed by atoms with Gasteiger partial charge in [0.2, 0.25) is 0 Å². The van der Waals surface area contributed by atoms with Crippen LogP contribution in [0.3, 0.4) is 0 Å². The molecule has 0 aromatic heterocycles. The molecule has 1 aromatic carbocycles. The molecule has 13 heavy (non-hydrogen) atoms. The molecule has 72 valence electrons. The van der Waals surface area contributed by atoms with Crippen LogP contribution in [0.25, 0.3) is 0 Å². The van der Waals surface area contributed by atoms with Crippen LogP contribution < -0.4 is 0 Å². The third-order valence-electron chi connectivity index (χ3n) is 1.25. The van der Waals surface area contributed by atoms with Crippen LogP contribution >= 0.6 is 42.5 Å². The summed E-state index contributed by atoms with van der Waals surface area (Å²) >= 11 is 5.95. The zero-order valence-electron chi connectivity index (χ0n) is 5.89. The van der Waals surface area contributed by atoms with E-state index in [0.29, 0.717) is 4.47 Å². The number of benzene rings is 1. The second-order valence-corrected chi connectivity index (χ2v) is 6.26. The summed E-state index contributed by atoms with van der Waals surface area (Å²) in [5.74, 6) is -0.884. The van der Waals surface area contributed by atoms with E-state index in [1.54, 1.807) is 0 Å². The molecule has 2 nitrogen and oxygen atoms in total. The zero-order chi connectivity index (χ0) is 10.2. The first-order chi connectivity index (χ1) is 5.84. The van der Waals surface area contributed by atoms with E-state index in [0.717, 1.165) is 6.07 Å². The van der Waals surface area contributed by atoms with Gasteiger partial charge in [-0.15, -0.1) is 0 Å².